The van der Waals surface area contributed by atoms with E-state index in [9.17, 15) is 4.79 Å². The molecule has 20 heavy (non-hydrogen) atoms. The second-order valence-electron chi connectivity index (χ2n) is 5.37. The first-order valence-electron chi connectivity index (χ1n) is 6.09. The molecule has 0 heterocycles. The lowest BCUT2D eigenvalue weighted by atomic mass is 10.2. The van der Waals surface area contributed by atoms with E-state index in [-0.39, 0.29) is 19.9 Å². The summed E-state index contributed by atoms with van der Waals surface area (Å²) in [6.45, 7) is 5.65. The van der Waals surface area contributed by atoms with Crippen molar-refractivity contribution in [3.05, 3.63) is 18.2 Å². The van der Waals surface area contributed by atoms with E-state index in [2.05, 4.69) is 0 Å². The van der Waals surface area contributed by atoms with Crippen LogP contribution < -0.4 is 15.4 Å². The topological polar surface area (TPSA) is 64.8 Å². The number of rotatable bonds is 4. The molecule has 0 radical (unpaired) electrons. The Labute approximate surface area is 121 Å². The number of methoxy groups -OCH3 is 1. The summed E-state index contributed by atoms with van der Waals surface area (Å²) in [6.07, 6.45) is 0. The molecule has 0 aliphatic carbocycles. The van der Waals surface area contributed by atoms with E-state index < -0.39 is 5.60 Å². The third-order valence-electron chi connectivity index (χ3n) is 2.40. The van der Waals surface area contributed by atoms with Gasteiger partial charge in [0, 0.05) is 12.7 Å². The van der Waals surface area contributed by atoms with Crippen molar-refractivity contribution in [2.75, 3.05) is 31.3 Å². The molecule has 0 saturated heterocycles. The van der Waals surface area contributed by atoms with Crippen LogP contribution in [0.3, 0.4) is 0 Å². The molecule has 5 nitrogen and oxygen atoms in total. The fourth-order valence-electron chi connectivity index (χ4n) is 1.66. The minimum atomic E-state index is -0.488. The number of carbonyl (C=O) groups is 1. The second kappa shape index (κ2) is 7.03. The van der Waals surface area contributed by atoms with Gasteiger partial charge in [0.25, 0.3) is 0 Å². The maximum absolute atomic E-state index is 11.8. The molecule has 0 spiro atoms. The van der Waals surface area contributed by atoms with Crippen LogP contribution in [0.4, 0.5) is 11.4 Å². The number of anilines is 2. The largest absolute Gasteiger partial charge is 0.495 e. The highest BCUT2D eigenvalue weighted by Crippen LogP contribution is 2.29. The van der Waals surface area contributed by atoms with Crippen molar-refractivity contribution < 1.29 is 14.3 Å². The van der Waals surface area contributed by atoms with E-state index in [0.29, 0.717) is 11.4 Å². The molecule has 2 N–H and O–H groups in total. The zero-order valence-corrected chi connectivity index (χ0v) is 12.2. The predicted molar refractivity (Wildman–Crippen MR) is 83.3 cm³/mol. The summed E-state index contributed by atoms with van der Waals surface area (Å²) in [5.74, 6) is 0.375. The summed E-state index contributed by atoms with van der Waals surface area (Å²) >= 11 is 0. The Balaban J connectivity index is 0.00000361. The average molecular weight is 282 g/mol. The Morgan fingerprint density at radius 1 is 1.35 bits per heavy atom. The zero-order valence-electron chi connectivity index (χ0n) is 12.2. The number of carbonyl (C=O) groups excluding carboxylic acids is 1. The Morgan fingerprint density at radius 3 is 2.45 bits per heavy atom. The van der Waals surface area contributed by atoms with E-state index in [1.165, 1.54) is 0 Å². The minimum Gasteiger partial charge on any atom is -0.495 e. The van der Waals surface area contributed by atoms with Crippen LogP contribution in [-0.4, -0.2) is 32.3 Å². The summed E-state index contributed by atoms with van der Waals surface area (Å²) < 4.78 is 10.5. The van der Waals surface area contributed by atoms with Crippen LogP contribution in [-0.2, 0) is 9.53 Å². The molecule has 0 unspecified atom stereocenters. The van der Waals surface area contributed by atoms with Gasteiger partial charge in [-0.05, 0) is 39.0 Å². The smallest absolute Gasteiger partial charge is 0.326 e. The first-order valence-corrected chi connectivity index (χ1v) is 6.09. The van der Waals surface area contributed by atoms with Crippen molar-refractivity contribution in [2.45, 2.75) is 33.8 Å². The monoisotopic (exact) mass is 282 g/mol. The Morgan fingerprint density at radius 2 is 1.95 bits per heavy atom. The van der Waals surface area contributed by atoms with E-state index in [0.717, 1.165) is 5.69 Å². The fraction of sp³-hybridized carbons (Fsp3) is 0.533. The molecule has 0 aromatic heterocycles. The highest BCUT2D eigenvalue weighted by Gasteiger charge is 2.19. The first kappa shape index (κ1) is 18.1. The Bertz CT molecular complexity index is 453. The number of likely N-dealkylation sites (N-methyl/N-ethyl adjacent to an activating group) is 1. The fourth-order valence-corrected chi connectivity index (χ4v) is 1.66. The van der Waals surface area contributed by atoms with Gasteiger partial charge in [0.05, 0.1) is 12.8 Å². The standard InChI is InChI=1S/C14H22N2O3.CH4/c1-14(2,3)19-13(17)9-16(4)11-8-10(15)6-7-12(11)18-5;/h6-8H,9,15H2,1-5H3;1H4. The summed E-state index contributed by atoms with van der Waals surface area (Å²) in [5.41, 5.74) is 6.64. The molecule has 0 aliphatic heterocycles. The van der Waals surface area contributed by atoms with Gasteiger partial charge in [0.2, 0.25) is 0 Å². The quantitative estimate of drug-likeness (QED) is 0.679. The number of nitrogens with zero attached hydrogens (tertiary/aromatic N) is 1. The van der Waals surface area contributed by atoms with E-state index in [1.54, 1.807) is 37.3 Å². The second-order valence-corrected chi connectivity index (χ2v) is 5.37. The molecular formula is C15H26N2O3. The number of hydrogen-bond acceptors (Lipinski definition) is 5. The number of nitrogens with two attached hydrogens (primary N) is 1. The van der Waals surface area contributed by atoms with Gasteiger partial charge in [0.1, 0.15) is 17.9 Å². The average Bonchev–Trinajstić information content (AvgIpc) is 2.26. The molecule has 0 aliphatic rings. The molecule has 0 atom stereocenters. The Hall–Kier alpha value is -1.91. The molecule has 0 fully saturated rings. The van der Waals surface area contributed by atoms with Crippen LogP contribution >= 0.6 is 0 Å². The van der Waals surface area contributed by atoms with Crippen LogP contribution in [0.2, 0.25) is 0 Å². The molecule has 114 valence electrons. The maximum atomic E-state index is 11.8. The molecule has 1 rings (SSSR count). The van der Waals surface area contributed by atoms with Crippen molar-refractivity contribution in [1.29, 1.82) is 0 Å². The Kier molecular flexibility index (Phi) is 6.36. The highest BCUT2D eigenvalue weighted by atomic mass is 16.6. The van der Waals surface area contributed by atoms with Crippen LogP contribution in [0.5, 0.6) is 5.75 Å². The molecule has 0 saturated carbocycles. The van der Waals surface area contributed by atoms with Gasteiger partial charge >= 0.3 is 5.97 Å². The number of benzene rings is 1. The number of hydrogen-bond donors (Lipinski definition) is 1. The van der Waals surface area contributed by atoms with Crippen molar-refractivity contribution in [3.63, 3.8) is 0 Å². The van der Waals surface area contributed by atoms with Crippen molar-refractivity contribution in [1.82, 2.24) is 0 Å². The van der Waals surface area contributed by atoms with Crippen LogP contribution in [0.25, 0.3) is 0 Å². The lowest BCUT2D eigenvalue weighted by molar-refractivity contribution is -0.152. The summed E-state index contributed by atoms with van der Waals surface area (Å²) in [5, 5.41) is 0. The lowest BCUT2D eigenvalue weighted by Crippen LogP contribution is -2.32. The van der Waals surface area contributed by atoms with Crippen LogP contribution in [0.1, 0.15) is 28.2 Å². The number of ether oxygens (including phenoxy) is 2. The summed E-state index contributed by atoms with van der Waals surface area (Å²) in [4.78, 5) is 13.5. The third-order valence-corrected chi connectivity index (χ3v) is 2.40. The molecule has 0 amide bonds. The van der Waals surface area contributed by atoms with Gasteiger partial charge in [-0.15, -0.1) is 0 Å². The predicted octanol–water partition coefficient (Wildman–Crippen LogP) is 2.69. The SMILES string of the molecule is C.COc1ccc(N)cc1N(C)CC(=O)OC(C)(C)C. The van der Waals surface area contributed by atoms with Crippen LogP contribution in [0.15, 0.2) is 18.2 Å². The van der Waals surface area contributed by atoms with Gasteiger partial charge in [0.15, 0.2) is 0 Å². The highest BCUT2D eigenvalue weighted by molar-refractivity contribution is 5.78. The van der Waals surface area contributed by atoms with Crippen molar-refractivity contribution >= 4 is 17.3 Å². The van der Waals surface area contributed by atoms with E-state index in [1.807, 2.05) is 20.8 Å². The van der Waals surface area contributed by atoms with Crippen LogP contribution in [0, 0.1) is 0 Å². The molecule has 1 aromatic rings. The van der Waals surface area contributed by atoms with Crippen molar-refractivity contribution in [3.8, 4) is 5.75 Å². The lowest BCUT2D eigenvalue weighted by Gasteiger charge is -2.24. The maximum Gasteiger partial charge on any atom is 0.326 e. The third kappa shape index (κ3) is 5.38. The zero-order chi connectivity index (χ0) is 14.6. The molecule has 1 aromatic carbocycles. The number of esters is 1. The summed E-state index contributed by atoms with van der Waals surface area (Å²) in [6, 6.07) is 5.29. The minimum absolute atomic E-state index is 0. The van der Waals surface area contributed by atoms with Crippen molar-refractivity contribution in [2.24, 2.45) is 0 Å². The first-order chi connectivity index (χ1) is 8.73. The van der Waals surface area contributed by atoms with Gasteiger partial charge in [-0.25, -0.2) is 0 Å². The molecule has 5 heteroatoms. The van der Waals surface area contributed by atoms with Gasteiger partial charge in [-0.1, -0.05) is 7.43 Å². The van der Waals surface area contributed by atoms with Gasteiger partial charge in [-0.3, -0.25) is 4.79 Å². The molecular weight excluding hydrogens is 256 g/mol. The van der Waals surface area contributed by atoms with E-state index in [4.69, 9.17) is 15.2 Å². The molecule has 0 bridgehead atoms. The number of nitrogen functional groups attached to an aromatic ring is 1. The summed E-state index contributed by atoms with van der Waals surface area (Å²) in [7, 11) is 3.37. The normalized spacial score (nSPS) is 10.4. The van der Waals surface area contributed by atoms with Gasteiger partial charge in [-0.2, -0.15) is 0 Å². The van der Waals surface area contributed by atoms with E-state index >= 15 is 0 Å². The van der Waals surface area contributed by atoms with Gasteiger partial charge < -0.3 is 20.1 Å².